The number of sulfonamides is 1. The van der Waals surface area contributed by atoms with Crippen LogP contribution in [-0.4, -0.2) is 49.8 Å². The highest BCUT2D eigenvalue weighted by atomic mass is 32.2. The first-order valence-corrected chi connectivity index (χ1v) is 7.12. The van der Waals surface area contributed by atoms with Gasteiger partial charge in [0.15, 0.2) is 0 Å². The zero-order chi connectivity index (χ0) is 15.5. The molecule has 0 bridgehead atoms. The van der Waals surface area contributed by atoms with Crippen molar-refractivity contribution in [2.45, 2.75) is 24.5 Å². The Morgan fingerprint density at radius 2 is 2.05 bits per heavy atom. The lowest BCUT2D eigenvalue weighted by Gasteiger charge is -2.10. The zero-order valence-electron chi connectivity index (χ0n) is 11.3. The van der Waals surface area contributed by atoms with Crippen molar-refractivity contribution < 1.29 is 27.5 Å². The average molecular weight is 304 g/mol. The van der Waals surface area contributed by atoms with Crippen molar-refractivity contribution in [2.75, 3.05) is 14.1 Å². The lowest BCUT2D eigenvalue weighted by atomic mass is 10.2. The second-order valence-corrected chi connectivity index (χ2v) is 6.50. The second-order valence-electron chi connectivity index (χ2n) is 4.41. The van der Waals surface area contributed by atoms with Crippen LogP contribution in [0.1, 0.15) is 23.7 Å². The molecule has 0 saturated carbocycles. The molecule has 20 heavy (non-hydrogen) atoms. The number of carboxylic acids is 1. The Labute approximate surface area is 116 Å². The first-order chi connectivity index (χ1) is 9.14. The molecule has 0 fully saturated rings. The SMILES string of the molecule is CC(CC(=O)O)NC(=O)c1coc(S(=O)(=O)N(C)C)c1. The van der Waals surface area contributed by atoms with Crippen molar-refractivity contribution in [2.24, 2.45) is 0 Å². The number of rotatable bonds is 6. The van der Waals surface area contributed by atoms with Gasteiger partial charge in [0.25, 0.3) is 15.9 Å². The van der Waals surface area contributed by atoms with Crippen LogP contribution in [0.25, 0.3) is 0 Å². The predicted octanol–water partition coefficient (Wildman–Crippen LogP) is 0.123. The van der Waals surface area contributed by atoms with Crippen LogP contribution in [0.15, 0.2) is 21.8 Å². The molecule has 1 amide bonds. The van der Waals surface area contributed by atoms with Crippen LogP contribution in [0.3, 0.4) is 0 Å². The van der Waals surface area contributed by atoms with Crippen molar-refractivity contribution >= 4 is 21.9 Å². The van der Waals surface area contributed by atoms with Gasteiger partial charge in [0.1, 0.15) is 6.26 Å². The minimum atomic E-state index is -3.74. The van der Waals surface area contributed by atoms with Crippen LogP contribution in [0.5, 0.6) is 0 Å². The van der Waals surface area contributed by atoms with Crippen LogP contribution in [0.4, 0.5) is 0 Å². The molecule has 0 aromatic carbocycles. The van der Waals surface area contributed by atoms with Gasteiger partial charge in [-0.3, -0.25) is 9.59 Å². The van der Waals surface area contributed by atoms with Crippen LogP contribution < -0.4 is 5.32 Å². The number of carboxylic acid groups (broad SMARTS) is 1. The fourth-order valence-corrected chi connectivity index (χ4v) is 2.18. The summed E-state index contributed by atoms with van der Waals surface area (Å²) in [5.41, 5.74) is 0.0164. The monoisotopic (exact) mass is 304 g/mol. The van der Waals surface area contributed by atoms with E-state index in [1.54, 1.807) is 0 Å². The summed E-state index contributed by atoms with van der Waals surface area (Å²) in [7, 11) is -1.06. The van der Waals surface area contributed by atoms with E-state index in [0.717, 1.165) is 16.6 Å². The van der Waals surface area contributed by atoms with Gasteiger partial charge in [-0.25, -0.2) is 12.7 Å². The predicted molar refractivity (Wildman–Crippen MR) is 68.8 cm³/mol. The van der Waals surface area contributed by atoms with Gasteiger partial charge in [0.2, 0.25) is 5.09 Å². The standard InChI is InChI=1S/C11H16N2O6S/c1-7(4-9(14)15)12-11(16)8-5-10(19-6-8)20(17,18)13(2)3/h5-7H,4H2,1-3H3,(H,12,16)(H,14,15). The number of amides is 1. The van der Waals surface area contributed by atoms with Gasteiger partial charge in [-0.15, -0.1) is 0 Å². The Morgan fingerprint density at radius 1 is 1.45 bits per heavy atom. The quantitative estimate of drug-likeness (QED) is 0.771. The molecule has 0 saturated heterocycles. The molecule has 0 aliphatic carbocycles. The number of aliphatic carboxylic acids is 1. The Morgan fingerprint density at radius 3 is 2.55 bits per heavy atom. The highest BCUT2D eigenvalue weighted by molar-refractivity contribution is 7.88. The number of hydrogen-bond donors (Lipinski definition) is 2. The van der Waals surface area contributed by atoms with Crippen LogP contribution in [0.2, 0.25) is 0 Å². The normalized spacial score (nSPS) is 13.2. The lowest BCUT2D eigenvalue weighted by Crippen LogP contribution is -2.33. The smallest absolute Gasteiger partial charge is 0.305 e. The summed E-state index contributed by atoms with van der Waals surface area (Å²) in [6.45, 7) is 1.53. The summed E-state index contributed by atoms with van der Waals surface area (Å²) >= 11 is 0. The average Bonchev–Trinajstić information content (AvgIpc) is 2.76. The number of hydrogen-bond acceptors (Lipinski definition) is 5. The Bertz CT molecular complexity index is 604. The van der Waals surface area contributed by atoms with Crippen LogP contribution in [0, 0.1) is 0 Å². The van der Waals surface area contributed by atoms with E-state index in [9.17, 15) is 18.0 Å². The lowest BCUT2D eigenvalue weighted by molar-refractivity contribution is -0.137. The topological polar surface area (TPSA) is 117 Å². The third-order valence-electron chi connectivity index (χ3n) is 2.43. The van der Waals surface area contributed by atoms with E-state index in [0.29, 0.717) is 0 Å². The molecule has 0 aliphatic heterocycles. The first-order valence-electron chi connectivity index (χ1n) is 5.68. The maximum absolute atomic E-state index is 11.8. The minimum Gasteiger partial charge on any atom is -0.481 e. The summed E-state index contributed by atoms with van der Waals surface area (Å²) in [5.74, 6) is -1.64. The van der Waals surface area contributed by atoms with Crippen LogP contribution >= 0.6 is 0 Å². The molecule has 1 unspecified atom stereocenters. The highest BCUT2D eigenvalue weighted by Crippen LogP contribution is 2.16. The molecule has 112 valence electrons. The van der Waals surface area contributed by atoms with Gasteiger partial charge < -0.3 is 14.8 Å². The number of nitrogens with zero attached hydrogens (tertiary/aromatic N) is 1. The third kappa shape index (κ3) is 3.81. The van der Waals surface area contributed by atoms with Crippen LogP contribution in [-0.2, 0) is 14.8 Å². The summed E-state index contributed by atoms with van der Waals surface area (Å²) in [6, 6.07) is 0.516. The van der Waals surface area contributed by atoms with E-state index in [2.05, 4.69) is 5.32 Å². The van der Waals surface area contributed by atoms with Crippen molar-refractivity contribution in [3.05, 3.63) is 17.9 Å². The van der Waals surface area contributed by atoms with Crippen molar-refractivity contribution in [1.29, 1.82) is 0 Å². The van der Waals surface area contributed by atoms with Gasteiger partial charge in [-0.05, 0) is 6.92 Å². The van der Waals surface area contributed by atoms with E-state index >= 15 is 0 Å². The van der Waals surface area contributed by atoms with Crippen molar-refractivity contribution in [3.8, 4) is 0 Å². The van der Waals surface area contributed by atoms with Gasteiger partial charge in [0, 0.05) is 26.2 Å². The molecule has 9 heteroatoms. The maximum atomic E-state index is 11.8. The number of furan rings is 1. The van der Waals surface area contributed by atoms with E-state index in [1.165, 1.54) is 21.0 Å². The summed E-state index contributed by atoms with van der Waals surface area (Å²) in [6.07, 6.45) is 0.783. The molecule has 2 N–H and O–H groups in total. The molecule has 8 nitrogen and oxygen atoms in total. The first kappa shape index (κ1) is 16.2. The summed E-state index contributed by atoms with van der Waals surface area (Å²) in [4.78, 5) is 22.3. The molecule has 1 heterocycles. The van der Waals surface area contributed by atoms with Crippen molar-refractivity contribution in [3.63, 3.8) is 0 Å². The number of carbonyl (C=O) groups is 2. The van der Waals surface area contributed by atoms with Gasteiger partial charge in [0.05, 0.1) is 12.0 Å². The fourth-order valence-electron chi connectivity index (χ4n) is 1.37. The molecule has 1 atom stereocenters. The molecule has 0 radical (unpaired) electrons. The largest absolute Gasteiger partial charge is 0.481 e. The maximum Gasteiger partial charge on any atom is 0.305 e. The fraction of sp³-hybridized carbons (Fsp3) is 0.455. The zero-order valence-corrected chi connectivity index (χ0v) is 12.1. The minimum absolute atomic E-state index is 0.0164. The molecule has 0 aliphatic rings. The van der Waals surface area contributed by atoms with Gasteiger partial charge in [-0.2, -0.15) is 0 Å². The highest BCUT2D eigenvalue weighted by Gasteiger charge is 2.23. The molecule has 1 rings (SSSR count). The van der Waals surface area contributed by atoms with Gasteiger partial charge >= 0.3 is 5.97 Å². The molecular weight excluding hydrogens is 288 g/mol. The summed E-state index contributed by atoms with van der Waals surface area (Å²) < 4.78 is 29.3. The van der Waals surface area contributed by atoms with Crippen molar-refractivity contribution in [1.82, 2.24) is 9.62 Å². The molecule has 0 spiro atoms. The molecule has 1 aromatic rings. The number of nitrogens with one attached hydrogen (secondary N) is 1. The Balaban J connectivity index is 2.82. The number of carbonyl (C=O) groups excluding carboxylic acids is 1. The Kier molecular flexibility index (Phi) is 4.90. The van der Waals surface area contributed by atoms with E-state index < -0.39 is 27.9 Å². The third-order valence-corrected chi connectivity index (χ3v) is 4.11. The van der Waals surface area contributed by atoms with E-state index in [-0.39, 0.29) is 17.1 Å². The van der Waals surface area contributed by atoms with E-state index in [1.807, 2.05) is 0 Å². The molecule has 1 aromatic heterocycles. The Hall–Kier alpha value is -1.87. The van der Waals surface area contributed by atoms with E-state index in [4.69, 9.17) is 9.52 Å². The second kappa shape index (κ2) is 6.06. The molecular formula is C11H16N2O6S. The van der Waals surface area contributed by atoms with Gasteiger partial charge in [-0.1, -0.05) is 0 Å². The summed E-state index contributed by atoms with van der Waals surface area (Å²) in [5, 5.41) is 10.7.